The molecule has 0 saturated carbocycles. The summed E-state index contributed by atoms with van der Waals surface area (Å²) in [7, 11) is 0. The van der Waals surface area contributed by atoms with Gasteiger partial charge in [0.25, 0.3) is 5.91 Å². The molecule has 1 aromatic heterocycles. The highest BCUT2D eigenvalue weighted by atomic mass is 32.1. The van der Waals surface area contributed by atoms with Crippen molar-refractivity contribution < 1.29 is 4.79 Å². The summed E-state index contributed by atoms with van der Waals surface area (Å²) in [6, 6.07) is 0. The second-order valence-electron chi connectivity index (χ2n) is 3.44. The first-order valence-corrected chi connectivity index (χ1v) is 5.91. The summed E-state index contributed by atoms with van der Waals surface area (Å²) >= 11 is 1.20. The monoisotopic (exact) mass is 226 g/mol. The second-order valence-corrected chi connectivity index (χ2v) is 4.20. The fourth-order valence-corrected chi connectivity index (χ4v) is 2.33. The minimum Gasteiger partial charge on any atom is -0.335 e. The van der Waals surface area contributed by atoms with E-state index in [1.807, 2.05) is 11.8 Å². The molecule has 5 nitrogen and oxygen atoms in total. The molecule has 0 bridgehead atoms. The highest BCUT2D eigenvalue weighted by Gasteiger charge is 2.22. The van der Waals surface area contributed by atoms with Gasteiger partial charge in [-0.15, -0.1) is 5.10 Å². The van der Waals surface area contributed by atoms with Gasteiger partial charge in [-0.1, -0.05) is 11.4 Å². The third-order valence-corrected chi connectivity index (χ3v) is 3.25. The summed E-state index contributed by atoms with van der Waals surface area (Å²) in [5, 5.41) is 7.18. The van der Waals surface area contributed by atoms with Crippen molar-refractivity contribution in [2.75, 3.05) is 26.2 Å². The summed E-state index contributed by atoms with van der Waals surface area (Å²) in [5.41, 5.74) is 0.823. The molecule has 2 heterocycles. The van der Waals surface area contributed by atoms with Crippen LogP contribution in [0.15, 0.2) is 0 Å². The van der Waals surface area contributed by atoms with Gasteiger partial charge in [0.2, 0.25) is 0 Å². The molecular formula is C9H14N4OS. The Hall–Kier alpha value is -1.01. The Bertz CT molecular complexity index is 346. The number of nitrogens with zero attached hydrogens (tertiary/aromatic N) is 3. The number of piperazine rings is 1. The Balaban J connectivity index is 2.12. The average molecular weight is 226 g/mol. The quantitative estimate of drug-likeness (QED) is 0.779. The van der Waals surface area contributed by atoms with E-state index in [-0.39, 0.29) is 5.91 Å². The van der Waals surface area contributed by atoms with Crippen LogP contribution >= 0.6 is 11.5 Å². The number of carbonyl (C=O) groups is 1. The van der Waals surface area contributed by atoms with Crippen LogP contribution in [0.3, 0.4) is 0 Å². The van der Waals surface area contributed by atoms with Gasteiger partial charge in [0.1, 0.15) is 4.88 Å². The zero-order valence-electron chi connectivity index (χ0n) is 8.69. The molecule has 1 aromatic rings. The number of aromatic nitrogens is 2. The number of rotatable bonds is 2. The van der Waals surface area contributed by atoms with Crippen LogP contribution < -0.4 is 5.32 Å². The Morgan fingerprint density at radius 1 is 1.53 bits per heavy atom. The van der Waals surface area contributed by atoms with E-state index in [0.29, 0.717) is 4.88 Å². The normalized spacial score (nSPS) is 16.7. The lowest BCUT2D eigenvalue weighted by Crippen LogP contribution is -2.46. The lowest BCUT2D eigenvalue weighted by atomic mass is 10.2. The highest BCUT2D eigenvalue weighted by molar-refractivity contribution is 7.07. The maximum Gasteiger partial charge on any atom is 0.267 e. The van der Waals surface area contributed by atoms with E-state index in [9.17, 15) is 4.79 Å². The van der Waals surface area contributed by atoms with E-state index in [2.05, 4.69) is 14.9 Å². The maximum atomic E-state index is 12.1. The van der Waals surface area contributed by atoms with Crippen molar-refractivity contribution in [3.8, 4) is 0 Å². The number of amides is 1. The Kier molecular flexibility index (Phi) is 3.27. The standard InChI is InChI=1S/C9H14N4OS/c1-2-7-8(15-12-11-7)9(14)13-5-3-10-4-6-13/h10H,2-6H2,1H3. The maximum absolute atomic E-state index is 12.1. The third kappa shape index (κ3) is 2.15. The van der Waals surface area contributed by atoms with Crippen LogP contribution in [0.2, 0.25) is 0 Å². The number of aryl methyl sites for hydroxylation is 1. The molecule has 1 amide bonds. The predicted octanol–water partition coefficient (Wildman–Crippen LogP) is 0.146. The van der Waals surface area contributed by atoms with Crippen LogP contribution in [-0.2, 0) is 6.42 Å². The summed E-state index contributed by atoms with van der Waals surface area (Å²) in [4.78, 5) is 14.6. The zero-order valence-corrected chi connectivity index (χ0v) is 9.51. The number of carbonyl (C=O) groups excluding carboxylic acids is 1. The van der Waals surface area contributed by atoms with Gasteiger partial charge in [-0.3, -0.25) is 4.79 Å². The fraction of sp³-hybridized carbons (Fsp3) is 0.667. The molecule has 15 heavy (non-hydrogen) atoms. The molecule has 0 unspecified atom stereocenters. The molecule has 1 aliphatic rings. The lowest BCUT2D eigenvalue weighted by Gasteiger charge is -2.26. The van der Waals surface area contributed by atoms with E-state index >= 15 is 0 Å². The second kappa shape index (κ2) is 4.67. The van der Waals surface area contributed by atoms with Crippen LogP contribution in [-0.4, -0.2) is 46.6 Å². The Labute approximate surface area is 92.6 Å². The molecule has 0 aliphatic carbocycles. The molecule has 1 saturated heterocycles. The van der Waals surface area contributed by atoms with E-state index in [1.54, 1.807) is 0 Å². The van der Waals surface area contributed by atoms with Crippen LogP contribution in [0.25, 0.3) is 0 Å². The summed E-state index contributed by atoms with van der Waals surface area (Å²) in [5.74, 6) is 0.0864. The number of nitrogens with one attached hydrogen (secondary N) is 1. The van der Waals surface area contributed by atoms with Crippen molar-refractivity contribution in [3.63, 3.8) is 0 Å². The van der Waals surface area contributed by atoms with Gasteiger partial charge < -0.3 is 10.2 Å². The van der Waals surface area contributed by atoms with Gasteiger partial charge in [0.15, 0.2) is 0 Å². The van der Waals surface area contributed by atoms with E-state index in [0.717, 1.165) is 38.3 Å². The topological polar surface area (TPSA) is 58.1 Å². The van der Waals surface area contributed by atoms with Gasteiger partial charge in [-0.2, -0.15) is 0 Å². The molecule has 6 heteroatoms. The highest BCUT2D eigenvalue weighted by Crippen LogP contribution is 2.14. The predicted molar refractivity (Wildman–Crippen MR) is 58.1 cm³/mol. The molecule has 0 radical (unpaired) electrons. The van der Waals surface area contributed by atoms with Crippen molar-refractivity contribution in [3.05, 3.63) is 10.6 Å². The van der Waals surface area contributed by atoms with E-state index in [1.165, 1.54) is 11.5 Å². The Morgan fingerprint density at radius 3 is 2.93 bits per heavy atom. The molecule has 1 aliphatic heterocycles. The molecule has 1 fully saturated rings. The van der Waals surface area contributed by atoms with Gasteiger partial charge in [0, 0.05) is 26.2 Å². The van der Waals surface area contributed by atoms with Gasteiger partial charge in [-0.05, 0) is 18.0 Å². The summed E-state index contributed by atoms with van der Waals surface area (Å²) < 4.78 is 3.84. The minimum atomic E-state index is 0.0864. The minimum absolute atomic E-state index is 0.0864. The molecule has 0 aromatic carbocycles. The number of hydrogen-bond acceptors (Lipinski definition) is 5. The Morgan fingerprint density at radius 2 is 2.27 bits per heavy atom. The molecular weight excluding hydrogens is 212 g/mol. The van der Waals surface area contributed by atoms with Crippen molar-refractivity contribution in [2.45, 2.75) is 13.3 Å². The van der Waals surface area contributed by atoms with E-state index in [4.69, 9.17) is 0 Å². The molecule has 82 valence electrons. The first-order chi connectivity index (χ1) is 7.33. The molecule has 1 N–H and O–H groups in total. The van der Waals surface area contributed by atoms with Crippen molar-refractivity contribution in [2.24, 2.45) is 0 Å². The SMILES string of the molecule is CCc1nnsc1C(=O)N1CCNCC1. The fourth-order valence-electron chi connectivity index (χ4n) is 1.61. The summed E-state index contributed by atoms with van der Waals surface area (Å²) in [6.07, 6.45) is 0.768. The van der Waals surface area contributed by atoms with Crippen LogP contribution in [0.4, 0.5) is 0 Å². The smallest absolute Gasteiger partial charge is 0.267 e. The average Bonchev–Trinajstić information content (AvgIpc) is 2.77. The van der Waals surface area contributed by atoms with Gasteiger partial charge in [0.05, 0.1) is 5.69 Å². The first kappa shape index (κ1) is 10.5. The lowest BCUT2D eigenvalue weighted by molar-refractivity contribution is 0.0739. The van der Waals surface area contributed by atoms with Crippen LogP contribution in [0.5, 0.6) is 0 Å². The van der Waals surface area contributed by atoms with Crippen molar-refractivity contribution >= 4 is 17.4 Å². The van der Waals surface area contributed by atoms with E-state index < -0.39 is 0 Å². The van der Waals surface area contributed by atoms with Gasteiger partial charge in [-0.25, -0.2) is 0 Å². The van der Waals surface area contributed by atoms with Gasteiger partial charge >= 0.3 is 0 Å². The third-order valence-electron chi connectivity index (χ3n) is 2.49. The van der Waals surface area contributed by atoms with Crippen molar-refractivity contribution in [1.29, 1.82) is 0 Å². The first-order valence-electron chi connectivity index (χ1n) is 5.14. The number of hydrogen-bond donors (Lipinski definition) is 1. The zero-order chi connectivity index (χ0) is 10.7. The summed E-state index contributed by atoms with van der Waals surface area (Å²) in [6.45, 7) is 5.30. The van der Waals surface area contributed by atoms with Crippen molar-refractivity contribution in [1.82, 2.24) is 19.8 Å². The van der Waals surface area contributed by atoms with Crippen LogP contribution in [0.1, 0.15) is 22.3 Å². The molecule has 2 rings (SSSR count). The van der Waals surface area contributed by atoms with Crippen LogP contribution in [0, 0.1) is 0 Å². The molecule has 0 spiro atoms. The largest absolute Gasteiger partial charge is 0.335 e. The molecule has 0 atom stereocenters.